The van der Waals surface area contributed by atoms with Crippen LogP contribution in [0.4, 0.5) is 5.82 Å². The maximum atomic E-state index is 12.6. The Morgan fingerprint density at radius 3 is 2.75 bits per heavy atom. The maximum Gasteiger partial charge on any atom is 0.253 e. The summed E-state index contributed by atoms with van der Waals surface area (Å²) in [6.45, 7) is 4.95. The average molecular weight is 321 g/mol. The Morgan fingerprint density at radius 1 is 1.12 bits per heavy atom. The second kappa shape index (κ2) is 5.96. The number of fused-ring (bicyclic) bond motifs is 1. The van der Waals surface area contributed by atoms with Gasteiger partial charge < -0.3 is 14.8 Å². The summed E-state index contributed by atoms with van der Waals surface area (Å²) < 4.78 is 0. The summed E-state index contributed by atoms with van der Waals surface area (Å²) in [6.07, 6.45) is 3.46. The SMILES string of the molecule is Cc1cccc(C(=O)N2CCN(c3ncnc4[nH]ccc34)CC2)c1. The Bertz CT molecular complexity index is 880. The van der Waals surface area contributed by atoms with Gasteiger partial charge >= 0.3 is 0 Å². The monoisotopic (exact) mass is 321 g/mol. The lowest BCUT2D eigenvalue weighted by atomic mass is 10.1. The zero-order chi connectivity index (χ0) is 16.5. The van der Waals surface area contributed by atoms with E-state index in [4.69, 9.17) is 0 Å². The van der Waals surface area contributed by atoms with Crippen molar-refractivity contribution in [3.8, 4) is 0 Å². The molecule has 3 heterocycles. The van der Waals surface area contributed by atoms with E-state index in [1.165, 1.54) is 0 Å². The summed E-state index contributed by atoms with van der Waals surface area (Å²) in [7, 11) is 0. The summed E-state index contributed by atoms with van der Waals surface area (Å²) in [5.41, 5.74) is 2.71. The van der Waals surface area contributed by atoms with Crippen molar-refractivity contribution >= 4 is 22.8 Å². The molecule has 24 heavy (non-hydrogen) atoms. The number of nitrogens with zero attached hydrogens (tertiary/aromatic N) is 4. The molecule has 0 radical (unpaired) electrons. The second-order valence-electron chi connectivity index (χ2n) is 6.09. The third-order valence-corrected chi connectivity index (χ3v) is 4.46. The Labute approximate surface area is 140 Å². The van der Waals surface area contributed by atoms with E-state index in [9.17, 15) is 4.79 Å². The smallest absolute Gasteiger partial charge is 0.253 e. The quantitative estimate of drug-likeness (QED) is 0.786. The molecule has 1 fully saturated rings. The molecule has 1 saturated heterocycles. The number of hydrogen-bond donors (Lipinski definition) is 1. The third kappa shape index (κ3) is 2.60. The summed E-state index contributed by atoms with van der Waals surface area (Å²) >= 11 is 0. The molecule has 0 atom stereocenters. The highest BCUT2D eigenvalue weighted by Crippen LogP contribution is 2.23. The van der Waals surface area contributed by atoms with Crippen LogP contribution in [0.25, 0.3) is 11.0 Å². The van der Waals surface area contributed by atoms with Gasteiger partial charge in [0.2, 0.25) is 0 Å². The molecule has 122 valence electrons. The topological polar surface area (TPSA) is 65.1 Å². The van der Waals surface area contributed by atoms with E-state index in [-0.39, 0.29) is 5.91 Å². The van der Waals surface area contributed by atoms with E-state index < -0.39 is 0 Å². The maximum absolute atomic E-state index is 12.6. The molecular formula is C18H19N5O. The molecule has 1 N–H and O–H groups in total. The first kappa shape index (κ1) is 14.7. The third-order valence-electron chi connectivity index (χ3n) is 4.46. The van der Waals surface area contributed by atoms with Crippen LogP contribution < -0.4 is 4.90 Å². The summed E-state index contributed by atoms with van der Waals surface area (Å²) in [4.78, 5) is 28.6. The number of benzene rings is 1. The van der Waals surface area contributed by atoms with Gasteiger partial charge in [0.15, 0.2) is 0 Å². The van der Waals surface area contributed by atoms with Crippen molar-refractivity contribution in [1.29, 1.82) is 0 Å². The van der Waals surface area contributed by atoms with Gasteiger partial charge in [0.1, 0.15) is 17.8 Å². The summed E-state index contributed by atoms with van der Waals surface area (Å²) in [5, 5.41) is 1.02. The van der Waals surface area contributed by atoms with E-state index in [2.05, 4.69) is 19.9 Å². The molecule has 1 aliphatic rings. The van der Waals surface area contributed by atoms with Gasteiger partial charge in [-0.15, -0.1) is 0 Å². The Morgan fingerprint density at radius 2 is 1.96 bits per heavy atom. The molecule has 4 rings (SSSR count). The highest BCUT2D eigenvalue weighted by molar-refractivity contribution is 5.94. The van der Waals surface area contributed by atoms with Crippen molar-refractivity contribution in [2.45, 2.75) is 6.92 Å². The Hall–Kier alpha value is -2.89. The molecule has 1 amide bonds. The minimum atomic E-state index is 0.104. The second-order valence-corrected chi connectivity index (χ2v) is 6.09. The van der Waals surface area contributed by atoms with E-state index in [0.29, 0.717) is 13.1 Å². The first-order valence-electron chi connectivity index (χ1n) is 8.11. The zero-order valence-corrected chi connectivity index (χ0v) is 13.6. The minimum absolute atomic E-state index is 0.104. The first-order chi connectivity index (χ1) is 11.7. The molecule has 6 heteroatoms. The number of rotatable bonds is 2. The van der Waals surface area contributed by atoms with Crippen molar-refractivity contribution in [1.82, 2.24) is 19.9 Å². The summed E-state index contributed by atoms with van der Waals surface area (Å²) in [5.74, 6) is 1.04. The van der Waals surface area contributed by atoms with E-state index in [1.54, 1.807) is 6.33 Å². The highest BCUT2D eigenvalue weighted by Gasteiger charge is 2.24. The van der Waals surface area contributed by atoms with E-state index in [1.807, 2.05) is 48.4 Å². The number of carbonyl (C=O) groups excluding carboxylic acids is 1. The minimum Gasteiger partial charge on any atom is -0.352 e. The van der Waals surface area contributed by atoms with Gasteiger partial charge in [0, 0.05) is 37.9 Å². The molecule has 0 aliphatic carbocycles. The molecule has 2 aromatic heterocycles. The van der Waals surface area contributed by atoms with Gasteiger partial charge in [0.05, 0.1) is 5.39 Å². The number of nitrogens with one attached hydrogen (secondary N) is 1. The number of carbonyl (C=O) groups is 1. The van der Waals surface area contributed by atoms with Crippen molar-refractivity contribution in [3.05, 3.63) is 54.0 Å². The van der Waals surface area contributed by atoms with Crippen LogP contribution in [0.5, 0.6) is 0 Å². The fraction of sp³-hybridized carbons (Fsp3) is 0.278. The molecule has 0 bridgehead atoms. The molecule has 1 aliphatic heterocycles. The van der Waals surface area contributed by atoms with Gasteiger partial charge in [-0.3, -0.25) is 4.79 Å². The fourth-order valence-corrected chi connectivity index (χ4v) is 3.19. The van der Waals surface area contributed by atoms with Crippen LogP contribution in [0.3, 0.4) is 0 Å². The Balaban J connectivity index is 1.49. The molecular weight excluding hydrogens is 302 g/mol. The molecule has 0 saturated carbocycles. The predicted molar refractivity (Wildman–Crippen MR) is 93.2 cm³/mol. The zero-order valence-electron chi connectivity index (χ0n) is 13.6. The van der Waals surface area contributed by atoms with Gasteiger partial charge in [-0.1, -0.05) is 17.7 Å². The normalized spacial score (nSPS) is 15.0. The van der Waals surface area contributed by atoms with Crippen molar-refractivity contribution in [2.75, 3.05) is 31.1 Å². The molecule has 6 nitrogen and oxygen atoms in total. The molecule has 0 spiro atoms. The number of aromatic amines is 1. The molecule has 0 unspecified atom stereocenters. The van der Waals surface area contributed by atoms with Crippen molar-refractivity contribution in [2.24, 2.45) is 0 Å². The predicted octanol–water partition coefficient (Wildman–Crippen LogP) is 2.23. The number of hydrogen-bond acceptors (Lipinski definition) is 4. The number of aryl methyl sites for hydroxylation is 1. The number of aromatic nitrogens is 3. The fourth-order valence-electron chi connectivity index (χ4n) is 3.19. The number of piperazine rings is 1. The van der Waals surface area contributed by atoms with Gasteiger partial charge in [-0.05, 0) is 25.1 Å². The molecule has 1 aromatic carbocycles. The number of H-pyrrole nitrogens is 1. The van der Waals surface area contributed by atoms with Crippen LogP contribution in [-0.4, -0.2) is 51.9 Å². The van der Waals surface area contributed by atoms with Gasteiger partial charge in [-0.25, -0.2) is 9.97 Å². The standard InChI is InChI=1S/C18H19N5O/c1-13-3-2-4-14(11-13)18(24)23-9-7-22(8-10-23)17-15-5-6-19-16(15)20-12-21-17/h2-6,11-12H,7-10H2,1H3,(H,19,20,21). The first-order valence-corrected chi connectivity index (χ1v) is 8.11. The molecule has 3 aromatic rings. The number of amides is 1. The van der Waals surface area contributed by atoms with E-state index >= 15 is 0 Å². The summed E-state index contributed by atoms with van der Waals surface area (Å²) in [6, 6.07) is 9.77. The van der Waals surface area contributed by atoms with Crippen LogP contribution in [0.15, 0.2) is 42.9 Å². The van der Waals surface area contributed by atoms with Crippen molar-refractivity contribution in [3.63, 3.8) is 0 Å². The lowest BCUT2D eigenvalue weighted by Crippen LogP contribution is -2.49. The van der Waals surface area contributed by atoms with Crippen LogP contribution in [0, 0.1) is 6.92 Å². The van der Waals surface area contributed by atoms with Gasteiger partial charge in [0.25, 0.3) is 5.91 Å². The van der Waals surface area contributed by atoms with Crippen LogP contribution in [0.2, 0.25) is 0 Å². The lowest BCUT2D eigenvalue weighted by molar-refractivity contribution is 0.0746. The Kier molecular flexibility index (Phi) is 3.65. The highest BCUT2D eigenvalue weighted by atomic mass is 16.2. The van der Waals surface area contributed by atoms with Gasteiger partial charge in [-0.2, -0.15) is 0 Å². The average Bonchev–Trinajstić information content (AvgIpc) is 3.10. The van der Waals surface area contributed by atoms with Crippen LogP contribution in [-0.2, 0) is 0 Å². The van der Waals surface area contributed by atoms with Crippen LogP contribution in [0.1, 0.15) is 15.9 Å². The number of anilines is 1. The largest absolute Gasteiger partial charge is 0.352 e. The van der Waals surface area contributed by atoms with E-state index in [0.717, 1.165) is 41.1 Å². The van der Waals surface area contributed by atoms with Crippen molar-refractivity contribution < 1.29 is 4.79 Å². The van der Waals surface area contributed by atoms with Crippen LogP contribution >= 0.6 is 0 Å². The lowest BCUT2D eigenvalue weighted by Gasteiger charge is -2.35.